The van der Waals surface area contributed by atoms with Gasteiger partial charge in [-0.3, -0.25) is 4.98 Å². The number of rotatable bonds is 2. The molecule has 202 valence electrons. The monoisotopic (exact) mass is 547 g/mol. The van der Waals surface area contributed by atoms with Crippen molar-refractivity contribution in [3.05, 3.63) is 151 Å². The molecular weight excluding hydrogens is 518 g/mol. The van der Waals surface area contributed by atoms with Crippen molar-refractivity contribution in [3.8, 4) is 33.5 Å². The molecule has 0 unspecified atom stereocenters. The summed E-state index contributed by atoms with van der Waals surface area (Å²) in [4.78, 5) is 5.02. The second kappa shape index (κ2) is 8.86. The maximum Gasteiger partial charge on any atom is 0.0792 e. The first-order chi connectivity index (χ1) is 21.1. The Balaban J connectivity index is 1.46. The highest BCUT2D eigenvalue weighted by atomic mass is 14.7. The number of hydrogen-bond acceptors (Lipinski definition) is 1. The largest absolute Gasteiger partial charge is 0.256 e. The summed E-state index contributed by atoms with van der Waals surface area (Å²) in [5.41, 5.74) is 10.3. The summed E-state index contributed by atoms with van der Waals surface area (Å²) in [5.74, 6) is 0. The van der Waals surface area contributed by atoms with Gasteiger partial charge in [0, 0.05) is 22.6 Å². The lowest BCUT2D eigenvalue weighted by atomic mass is 9.79. The molecule has 1 aliphatic carbocycles. The van der Waals surface area contributed by atoms with E-state index in [9.17, 15) is 0 Å². The van der Waals surface area contributed by atoms with E-state index >= 15 is 0 Å². The zero-order chi connectivity index (χ0) is 28.7. The lowest BCUT2D eigenvalue weighted by Gasteiger charge is -2.24. The van der Waals surface area contributed by atoms with Crippen molar-refractivity contribution >= 4 is 43.1 Å². The number of pyridine rings is 1. The average molecular weight is 548 g/mol. The summed E-state index contributed by atoms with van der Waals surface area (Å²) in [6.07, 6.45) is 1.95. The van der Waals surface area contributed by atoms with Crippen LogP contribution < -0.4 is 0 Å². The van der Waals surface area contributed by atoms with Crippen LogP contribution in [0.1, 0.15) is 25.0 Å². The Bertz CT molecular complexity index is 2370. The molecule has 0 spiro atoms. The van der Waals surface area contributed by atoms with E-state index in [1.807, 2.05) is 6.20 Å². The lowest BCUT2D eigenvalue weighted by Crippen LogP contribution is -2.15. The fraction of sp³-hybridized carbons (Fsp3) is 0.0714. The highest BCUT2D eigenvalue weighted by Gasteiger charge is 2.37. The number of aromatic nitrogens is 1. The second-order valence-corrected chi connectivity index (χ2v) is 12.3. The van der Waals surface area contributed by atoms with Crippen LogP contribution in [-0.4, -0.2) is 4.98 Å². The van der Waals surface area contributed by atoms with E-state index in [2.05, 4.69) is 147 Å². The molecule has 8 aromatic rings. The molecule has 0 N–H and O–H groups in total. The van der Waals surface area contributed by atoms with E-state index in [-0.39, 0.29) is 5.41 Å². The molecule has 1 heteroatoms. The summed E-state index contributed by atoms with van der Waals surface area (Å²) >= 11 is 0. The number of fused-ring (bicyclic) bond motifs is 8. The van der Waals surface area contributed by atoms with Gasteiger partial charge in [0.2, 0.25) is 0 Å². The highest BCUT2D eigenvalue weighted by Crippen LogP contribution is 2.54. The van der Waals surface area contributed by atoms with Gasteiger partial charge >= 0.3 is 0 Å². The predicted molar refractivity (Wildman–Crippen MR) is 183 cm³/mol. The van der Waals surface area contributed by atoms with Crippen LogP contribution in [0.3, 0.4) is 0 Å². The van der Waals surface area contributed by atoms with Crippen molar-refractivity contribution in [2.75, 3.05) is 0 Å². The zero-order valence-corrected chi connectivity index (χ0v) is 24.2. The Morgan fingerprint density at radius 3 is 1.60 bits per heavy atom. The van der Waals surface area contributed by atoms with Gasteiger partial charge in [0.1, 0.15) is 0 Å². The normalized spacial score (nSPS) is 13.5. The van der Waals surface area contributed by atoms with Gasteiger partial charge < -0.3 is 0 Å². The van der Waals surface area contributed by atoms with Gasteiger partial charge in [-0.25, -0.2) is 0 Å². The van der Waals surface area contributed by atoms with E-state index in [0.29, 0.717) is 0 Å². The third-order valence-corrected chi connectivity index (χ3v) is 9.70. The van der Waals surface area contributed by atoms with Gasteiger partial charge in [-0.15, -0.1) is 0 Å². The molecule has 0 bridgehead atoms. The van der Waals surface area contributed by atoms with Gasteiger partial charge in [-0.05, 0) is 83.2 Å². The summed E-state index contributed by atoms with van der Waals surface area (Å²) in [6, 6.07) is 49.0. The van der Waals surface area contributed by atoms with Gasteiger partial charge in [-0.1, -0.05) is 135 Å². The Labute approximate surface area is 251 Å². The molecule has 0 saturated carbocycles. The quantitative estimate of drug-likeness (QED) is 0.196. The zero-order valence-electron chi connectivity index (χ0n) is 24.2. The van der Waals surface area contributed by atoms with Crippen LogP contribution >= 0.6 is 0 Å². The van der Waals surface area contributed by atoms with E-state index in [1.165, 1.54) is 82.0 Å². The molecule has 1 nitrogen and oxygen atoms in total. The van der Waals surface area contributed by atoms with Crippen molar-refractivity contribution in [1.29, 1.82) is 0 Å². The van der Waals surface area contributed by atoms with E-state index < -0.39 is 0 Å². The topological polar surface area (TPSA) is 12.9 Å². The van der Waals surface area contributed by atoms with Crippen LogP contribution in [0.15, 0.2) is 140 Å². The standard InChI is InChI=1S/C42H29N/c1-42(2)36-22-12-11-21-34(36)39-29-16-6-5-15-28(29)35(25-37(39)42)38-30-17-7-9-19-32(30)40(33-20-10-8-18-31(33)38)41-27-14-4-3-13-26(27)23-24-43-41/h3-25H,1-2H3. The van der Waals surface area contributed by atoms with Gasteiger partial charge in [0.05, 0.1) is 5.69 Å². The molecule has 0 saturated heterocycles. The van der Waals surface area contributed by atoms with Gasteiger partial charge in [0.15, 0.2) is 0 Å². The maximum absolute atomic E-state index is 5.02. The third kappa shape index (κ3) is 3.31. The first-order valence-corrected chi connectivity index (χ1v) is 15.1. The molecular formula is C42H29N. The molecule has 1 heterocycles. The van der Waals surface area contributed by atoms with E-state index in [1.54, 1.807) is 0 Å². The molecule has 0 amide bonds. The Kier molecular flexibility index (Phi) is 5.02. The van der Waals surface area contributed by atoms with Crippen molar-refractivity contribution in [2.24, 2.45) is 0 Å². The third-order valence-electron chi connectivity index (χ3n) is 9.70. The minimum Gasteiger partial charge on any atom is -0.256 e. The molecule has 0 radical (unpaired) electrons. The number of nitrogens with zero attached hydrogens (tertiary/aromatic N) is 1. The minimum atomic E-state index is -0.0941. The van der Waals surface area contributed by atoms with Crippen molar-refractivity contribution < 1.29 is 0 Å². The Morgan fingerprint density at radius 1 is 0.419 bits per heavy atom. The van der Waals surface area contributed by atoms with Crippen molar-refractivity contribution in [2.45, 2.75) is 19.3 Å². The van der Waals surface area contributed by atoms with Crippen LogP contribution in [-0.2, 0) is 5.41 Å². The smallest absolute Gasteiger partial charge is 0.0792 e. The summed E-state index contributed by atoms with van der Waals surface area (Å²) in [5, 5.41) is 9.96. The molecule has 43 heavy (non-hydrogen) atoms. The summed E-state index contributed by atoms with van der Waals surface area (Å²) in [7, 11) is 0. The highest BCUT2D eigenvalue weighted by molar-refractivity contribution is 6.25. The fourth-order valence-corrected chi connectivity index (χ4v) is 7.75. The number of hydrogen-bond donors (Lipinski definition) is 0. The maximum atomic E-state index is 5.02. The summed E-state index contributed by atoms with van der Waals surface area (Å²) < 4.78 is 0. The second-order valence-electron chi connectivity index (χ2n) is 12.3. The van der Waals surface area contributed by atoms with E-state index in [0.717, 1.165) is 5.69 Å². The molecule has 0 aliphatic heterocycles. The molecule has 1 aromatic heterocycles. The minimum absolute atomic E-state index is 0.0941. The van der Waals surface area contributed by atoms with Crippen LogP contribution in [0.2, 0.25) is 0 Å². The Hall–Kier alpha value is -5.27. The van der Waals surface area contributed by atoms with Crippen LogP contribution in [0.25, 0.3) is 76.6 Å². The van der Waals surface area contributed by atoms with Gasteiger partial charge in [0.25, 0.3) is 0 Å². The van der Waals surface area contributed by atoms with Crippen molar-refractivity contribution in [3.63, 3.8) is 0 Å². The first kappa shape index (κ1) is 24.3. The van der Waals surface area contributed by atoms with E-state index in [4.69, 9.17) is 4.98 Å². The summed E-state index contributed by atoms with van der Waals surface area (Å²) in [6.45, 7) is 4.75. The predicted octanol–water partition coefficient (Wildman–Crippen LogP) is 11.3. The van der Waals surface area contributed by atoms with Gasteiger partial charge in [-0.2, -0.15) is 0 Å². The molecule has 7 aromatic carbocycles. The first-order valence-electron chi connectivity index (χ1n) is 15.1. The van der Waals surface area contributed by atoms with Crippen LogP contribution in [0, 0.1) is 0 Å². The molecule has 9 rings (SSSR count). The van der Waals surface area contributed by atoms with Crippen LogP contribution in [0.5, 0.6) is 0 Å². The fourth-order valence-electron chi connectivity index (χ4n) is 7.75. The molecule has 1 aliphatic rings. The average Bonchev–Trinajstić information content (AvgIpc) is 3.29. The lowest BCUT2D eigenvalue weighted by molar-refractivity contribution is 0.661. The number of benzene rings is 7. The van der Waals surface area contributed by atoms with Crippen molar-refractivity contribution in [1.82, 2.24) is 4.98 Å². The Morgan fingerprint density at radius 2 is 0.930 bits per heavy atom. The molecule has 0 atom stereocenters. The SMILES string of the molecule is CC1(C)c2ccccc2-c2c1cc(-c1c3ccccc3c(-c3nccc4ccccc34)c3ccccc13)c1ccccc21. The molecule has 0 fully saturated rings. The van der Waals surface area contributed by atoms with Crippen LogP contribution in [0.4, 0.5) is 0 Å².